The summed E-state index contributed by atoms with van der Waals surface area (Å²) < 4.78 is 8.20. The van der Waals surface area contributed by atoms with E-state index in [4.69, 9.17) is 10.5 Å². The van der Waals surface area contributed by atoms with Crippen LogP contribution in [-0.4, -0.2) is 16.8 Å². The van der Waals surface area contributed by atoms with Crippen molar-refractivity contribution in [3.05, 3.63) is 23.5 Å². The molecule has 3 unspecified atom stereocenters. The Morgan fingerprint density at radius 2 is 2.17 bits per heavy atom. The molecule has 1 saturated heterocycles. The first-order valence-corrected chi connectivity index (χ1v) is 7.32. The van der Waals surface area contributed by atoms with Crippen LogP contribution in [0.3, 0.4) is 0 Å². The molecule has 0 saturated carbocycles. The molecule has 100 valence electrons. The van der Waals surface area contributed by atoms with Crippen molar-refractivity contribution in [2.75, 3.05) is 0 Å². The Morgan fingerprint density at radius 1 is 1.28 bits per heavy atom. The third-order valence-electron chi connectivity index (χ3n) is 4.34. The van der Waals surface area contributed by atoms with Crippen LogP contribution < -0.4 is 5.73 Å². The molecule has 0 amide bonds. The number of nitrogens with zero attached hydrogens (tertiary/aromatic N) is 1. The van der Waals surface area contributed by atoms with Crippen molar-refractivity contribution in [3.8, 4) is 0 Å². The van der Waals surface area contributed by atoms with Gasteiger partial charge in [0.15, 0.2) is 0 Å². The molecular weight excluding hydrogens is 224 g/mol. The molecule has 3 atom stereocenters. The molecule has 1 aromatic rings. The van der Waals surface area contributed by atoms with Crippen LogP contribution in [0.2, 0.25) is 0 Å². The standard InChI is InChI=1S/C15H24N2O/c1-11-6-7-13(18-11)9-17-8-12-4-2-3-5-15(16)14(12)10-17/h8,10-11,13,15H,2-7,9,16H2,1H3. The van der Waals surface area contributed by atoms with Gasteiger partial charge in [-0.25, -0.2) is 0 Å². The van der Waals surface area contributed by atoms with Crippen LogP contribution in [0.15, 0.2) is 12.4 Å². The van der Waals surface area contributed by atoms with E-state index in [2.05, 4.69) is 23.9 Å². The third-order valence-corrected chi connectivity index (χ3v) is 4.34. The number of ether oxygens (including phenoxy) is 1. The second-order valence-electron chi connectivity index (χ2n) is 5.93. The van der Waals surface area contributed by atoms with E-state index in [0.717, 1.165) is 13.0 Å². The predicted molar refractivity (Wildman–Crippen MR) is 72.5 cm³/mol. The van der Waals surface area contributed by atoms with Gasteiger partial charge in [-0.1, -0.05) is 6.42 Å². The molecule has 0 radical (unpaired) electrons. The summed E-state index contributed by atoms with van der Waals surface area (Å²) in [4.78, 5) is 0. The zero-order valence-electron chi connectivity index (χ0n) is 11.3. The summed E-state index contributed by atoms with van der Waals surface area (Å²) in [6.45, 7) is 3.16. The van der Waals surface area contributed by atoms with Crippen LogP contribution in [0.4, 0.5) is 0 Å². The van der Waals surface area contributed by atoms with Crippen LogP contribution >= 0.6 is 0 Å². The number of rotatable bonds is 2. The number of nitrogens with two attached hydrogens (primary N) is 1. The third kappa shape index (κ3) is 2.47. The average molecular weight is 248 g/mol. The molecule has 1 aromatic heterocycles. The second-order valence-corrected chi connectivity index (χ2v) is 5.93. The molecule has 3 rings (SSSR count). The fourth-order valence-electron chi connectivity index (χ4n) is 3.31. The molecule has 18 heavy (non-hydrogen) atoms. The normalized spacial score (nSPS) is 32.2. The largest absolute Gasteiger partial charge is 0.373 e. The number of aromatic nitrogens is 1. The number of aryl methyl sites for hydroxylation is 1. The lowest BCUT2D eigenvalue weighted by molar-refractivity contribution is 0.0458. The first-order chi connectivity index (χ1) is 8.72. The highest BCUT2D eigenvalue weighted by atomic mass is 16.5. The summed E-state index contributed by atoms with van der Waals surface area (Å²) in [6, 6.07) is 0.243. The first kappa shape index (κ1) is 12.2. The van der Waals surface area contributed by atoms with Gasteiger partial charge in [-0.2, -0.15) is 0 Å². The number of hydrogen-bond donors (Lipinski definition) is 1. The maximum Gasteiger partial charge on any atom is 0.0758 e. The van der Waals surface area contributed by atoms with Crippen molar-refractivity contribution in [2.45, 2.75) is 70.2 Å². The average Bonchev–Trinajstić information content (AvgIpc) is 2.88. The Hall–Kier alpha value is -0.800. The van der Waals surface area contributed by atoms with Gasteiger partial charge in [0, 0.05) is 25.0 Å². The van der Waals surface area contributed by atoms with E-state index in [-0.39, 0.29) is 6.04 Å². The molecule has 0 bridgehead atoms. The van der Waals surface area contributed by atoms with Crippen LogP contribution in [0.25, 0.3) is 0 Å². The quantitative estimate of drug-likeness (QED) is 0.818. The van der Waals surface area contributed by atoms with E-state index in [1.165, 1.54) is 43.2 Å². The molecule has 1 aliphatic heterocycles. The second kappa shape index (κ2) is 5.06. The summed E-state index contributed by atoms with van der Waals surface area (Å²) in [7, 11) is 0. The van der Waals surface area contributed by atoms with Crippen molar-refractivity contribution >= 4 is 0 Å². The van der Waals surface area contributed by atoms with Crippen molar-refractivity contribution in [1.29, 1.82) is 0 Å². The zero-order valence-corrected chi connectivity index (χ0v) is 11.3. The lowest BCUT2D eigenvalue weighted by Gasteiger charge is -2.12. The fraction of sp³-hybridized carbons (Fsp3) is 0.733. The van der Waals surface area contributed by atoms with Gasteiger partial charge in [-0.05, 0) is 50.2 Å². The van der Waals surface area contributed by atoms with Crippen LogP contribution in [0.5, 0.6) is 0 Å². The van der Waals surface area contributed by atoms with E-state index in [1.54, 1.807) is 0 Å². The smallest absolute Gasteiger partial charge is 0.0758 e. The minimum atomic E-state index is 0.243. The van der Waals surface area contributed by atoms with Gasteiger partial charge in [0.25, 0.3) is 0 Å². The Kier molecular flexibility index (Phi) is 3.44. The van der Waals surface area contributed by atoms with Gasteiger partial charge in [0.2, 0.25) is 0 Å². The van der Waals surface area contributed by atoms with Crippen molar-refractivity contribution in [1.82, 2.24) is 4.57 Å². The molecule has 3 nitrogen and oxygen atoms in total. The van der Waals surface area contributed by atoms with Gasteiger partial charge in [0.1, 0.15) is 0 Å². The van der Waals surface area contributed by atoms with E-state index < -0.39 is 0 Å². The monoisotopic (exact) mass is 248 g/mol. The maximum atomic E-state index is 6.25. The molecule has 2 N–H and O–H groups in total. The van der Waals surface area contributed by atoms with Crippen LogP contribution in [0.1, 0.15) is 56.2 Å². The lowest BCUT2D eigenvalue weighted by atomic mass is 10.1. The summed E-state index contributed by atoms with van der Waals surface area (Å²) in [6.07, 6.45) is 12.6. The summed E-state index contributed by atoms with van der Waals surface area (Å²) in [5.41, 5.74) is 9.08. The van der Waals surface area contributed by atoms with Crippen molar-refractivity contribution in [2.24, 2.45) is 5.73 Å². The van der Waals surface area contributed by atoms with Gasteiger partial charge in [-0.15, -0.1) is 0 Å². The highest BCUT2D eigenvalue weighted by Crippen LogP contribution is 2.28. The van der Waals surface area contributed by atoms with E-state index in [0.29, 0.717) is 12.2 Å². The van der Waals surface area contributed by atoms with Crippen molar-refractivity contribution in [3.63, 3.8) is 0 Å². The summed E-state index contributed by atoms with van der Waals surface area (Å²) >= 11 is 0. The molecule has 1 aliphatic carbocycles. The number of fused-ring (bicyclic) bond motifs is 1. The Balaban J connectivity index is 1.72. The Labute approximate surface area is 109 Å². The lowest BCUT2D eigenvalue weighted by Crippen LogP contribution is -2.15. The zero-order chi connectivity index (χ0) is 12.5. The SMILES string of the molecule is CC1CCC(Cn2cc3c(c2)C(N)CCCC3)O1. The van der Waals surface area contributed by atoms with Gasteiger partial charge >= 0.3 is 0 Å². The van der Waals surface area contributed by atoms with Crippen LogP contribution in [0, 0.1) is 0 Å². The molecule has 0 aromatic carbocycles. The fourth-order valence-corrected chi connectivity index (χ4v) is 3.31. The molecule has 3 heteroatoms. The Morgan fingerprint density at radius 3 is 2.94 bits per heavy atom. The molecule has 1 fully saturated rings. The highest BCUT2D eigenvalue weighted by Gasteiger charge is 2.23. The van der Waals surface area contributed by atoms with Crippen molar-refractivity contribution < 1.29 is 4.74 Å². The molecule has 0 spiro atoms. The Bertz CT molecular complexity index is 413. The maximum absolute atomic E-state index is 6.25. The molecular formula is C15H24N2O. The first-order valence-electron chi connectivity index (χ1n) is 7.32. The molecule has 2 heterocycles. The van der Waals surface area contributed by atoms with Crippen LogP contribution in [-0.2, 0) is 17.7 Å². The van der Waals surface area contributed by atoms with E-state index in [1.807, 2.05) is 0 Å². The van der Waals surface area contributed by atoms with Gasteiger partial charge < -0.3 is 15.0 Å². The topological polar surface area (TPSA) is 40.2 Å². The minimum absolute atomic E-state index is 0.243. The number of hydrogen-bond acceptors (Lipinski definition) is 2. The van der Waals surface area contributed by atoms with E-state index >= 15 is 0 Å². The summed E-state index contributed by atoms with van der Waals surface area (Å²) in [5, 5.41) is 0. The van der Waals surface area contributed by atoms with E-state index in [9.17, 15) is 0 Å². The predicted octanol–water partition coefficient (Wildman–Crippen LogP) is 2.78. The highest BCUT2D eigenvalue weighted by molar-refractivity contribution is 5.28. The minimum Gasteiger partial charge on any atom is -0.373 e. The van der Waals surface area contributed by atoms with Gasteiger partial charge in [-0.3, -0.25) is 0 Å². The molecule has 2 aliphatic rings. The summed E-state index contributed by atoms with van der Waals surface area (Å²) in [5.74, 6) is 0. The van der Waals surface area contributed by atoms with Gasteiger partial charge in [0.05, 0.1) is 12.2 Å².